The average Bonchev–Trinajstić information content (AvgIpc) is 2.85. The predicted octanol–water partition coefficient (Wildman–Crippen LogP) is 4.74. The third-order valence-corrected chi connectivity index (χ3v) is 5.28. The fraction of sp³-hybridized carbons (Fsp3) is 0.464. The molecule has 1 unspecified atom stereocenters. The van der Waals surface area contributed by atoms with E-state index >= 15 is 0 Å². The smallest absolute Gasteiger partial charge is 0.407 e. The summed E-state index contributed by atoms with van der Waals surface area (Å²) in [4.78, 5) is 40.4. The monoisotopic (exact) mass is 514 g/mol. The highest BCUT2D eigenvalue weighted by molar-refractivity contribution is 5.76. The van der Waals surface area contributed by atoms with E-state index in [9.17, 15) is 19.5 Å². The molecule has 0 aliphatic rings. The maximum Gasteiger partial charge on any atom is 0.407 e. The van der Waals surface area contributed by atoms with Crippen LogP contribution in [0.3, 0.4) is 0 Å². The standard InChI is InChI=1S/C28H38N2O7/c1-28(2,3)37-27(34)29-17-9-4-5-10-18-35-24-15-13-22(14-16-24)19-25(26(32)33)30(21-31)36-20-23-11-7-6-8-12-23/h6-8,11-16,21,25H,4-5,9-10,17-20H2,1-3H3,(H,29,34)(H,32,33). The molecule has 37 heavy (non-hydrogen) atoms. The van der Waals surface area contributed by atoms with Crippen LogP contribution in [0.25, 0.3) is 0 Å². The fourth-order valence-corrected chi connectivity index (χ4v) is 3.42. The minimum atomic E-state index is -1.15. The van der Waals surface area contributed by atoms with Crippen LogP contribution in [0, 0.1) is 0 Å². The number of hydrogen-bond acceptors (Lipinski definition) is 6. The van der Waals surface area contributed by atoms with Crippen molar-refractivity contribution in [1.82, 2.24) is 10.4 Å². The Labute approximate surface area is 218 Å². The summed E-state index contributed by atoms with van der Waals surface area (Å²) in [5, 5.41) is 13.2. The zero-order chi connectivity index (χ0) is 27.1. The molecule has 0 fully saturated rings. The molecule has 2 amide bonds. The number of carboxylic acid groups (broad SMARTS) is 1. The van der Waals surface area contributed by atoms with Gasteiger partial charge in [-0.3, -0.25) is 9.63 Å². The number of ether oxygens (including phenoxy) is 2. The zero-order valence-electron chi connectivity index (χ0n) is 21.9. The number of rotatable bonds is 16. The molecule has 2 rings (SSSR count). The Morgan fingerprint density at radius 2 is 1.65 bits per heavy atom. The minimum Gasteiger partial charge on any atom is -0.494 e. The van der Waals surface area contributed by atoms with Gasteiger partial charge in [0.25, 0.3) is 0 Å². The van der Waals surface area contributed by atoms with Crippen LogP contribution in [0.4, 0.5) is 4.79 Å². The van der Waals surface area contributed by atoms with Crippen molar-refractivity contribution in [2.45, 2.75) is 71.1 Å². The molecule has 0 saturated carbocycles. The summed E-state index contributed by atoms with van der Waals surface area (Å²) in [7, 11) is 0. The van der Waals surface area contributed by atoms with Crippen LogP contribution in [0.1, 0.15) is 57.6 Å². The molecule has 0 radical (unpaired) electrons. The Hall–Kier alpha value is -3.59. The third kappa shape index (κ3) is 12.3. The number of nitrogens with one attached hydrogen (secondary N) is 1. The lowest BCUT2D eigenvalue weighted by Crippen LogP contribution is -2.41. The van der Waals surface area contributed by atoms with Gasteiger partial charge in [-0.15, -0.1) is 0 Å². The molecular weight excluding hydrogens is 476 g/mol. The Bertz CT molecular complexity index is 959. The van der Waals surface area contributed by atoms with Crippen molar-refractivity contribution >= 4 is 18.5 Å². The maximum absolute atomic E-state index is 11.8. The molecule has 0 heterocycles. The van der Waals surface area contributed by atoms with Crippen molar-refractivity contribution in [2.24, 2.45) is 0 Å². The number of unbranched alkanes of at least 4 members (excludes halogenated alkanes) is 3. The lowest BCUT2D eigenvalue weighted by molar-refractivity contribution is -0.200. The number of carboxylic acids is 1. The van der Waals surface area contributed by atoms with E-state index in [1.54, 1.807) is 24.3 Å². The topological polar surface area (TPSA) is 114 Å². The third-order valence-electron chi connectivity index (χ3n) is 5.28. The van der Waals surface area contributed by atoms with Crippen molar-refractivity contribution < 1.29 is 33.8 Å². The molecule has 0 spiro atoms. The summed E-state index contributed by atoms with van der Waals surface area (Å²) in [5.74, 6) is -0.462. The molecule has 0 aromatic heterocycles. The molecular formula is C28H38N2O7. The molecule has 2 aromatic rings. The number of alkyl carbamates (subject to hydrolysis) is 1. The van der Waals surface area contributed by atoms with Crippen LogP contribution >= 0.6 is 0 Å². The predicted molar refractivity (Wildman–Crippen MR) is 139 cm³/mol. The van der Waals surface area contributed by atoms with E-state index in [0.717, 1.165) is 41.9 Å². The van der Waals surface area contributed by atoms with E-state index in [1.807, 2.05) is 51.1 Å². The number of hydroxylamine groups is 2. The van der Waals surface area contributed by atoms with Gasteiger partial charge in [-0.1, -0.05) is 55.3 Å². The number of nitrogens with zero attached hydrogens (tertiary/aromatic N) is 1. The molecule has 0 aliphatic carbocycles. The van der Waals surface area contributed by atoms with Crippen LogP contribution in [-0.4, -0.2) is 53.4 Å². The second-order valence-electron chi connectivity index (χ2n) is 9.62. The lowest BCUT2D eigenvalue weighted by Gasteiger charge is -2.24. The van der Waals surface area contributed by atoms with Gasteiger partial charge in [0.05, 0.1) is 6.61 Å². The molecule has 1 atom stereocenters. The number of carbonyl (C=O) groups is 3. The average molecular weight is 515 g/mol. The van der Waals surface area contributed by atoms with Crippen LogP contribution < -0.4 is 10.1 Å². The summed E-state index contributed by atoms with van der Waals surface area (Å²) in [5.41, 5.74) is 1.08. The second kappa shape index (κ2) is 15.5. The van der Waals surface area contributed by atoms with Gasteiger partial charge in [0.2, 0.25) is 6.41 Å². The summed E-state index contributed by atoms with van der Waals surface area (Å²) < 4.78 is 11.0. The molecule has 2 aromatic carbocycles. The minimum absolute atomic E-state index is 0.0936. The van der Waals surface area contributed by atoms with E-state index in [-0.39, 0.29) is 13.0 Å². The van der Waals surface area contributed by atoms with E-state index in [4.69, 9.17) is 14.3 Å². The molecule has 202 valence electrons. The van der Waals surface area contributed by atoms with Gasteiger partial charge in [0.1, 0.15) is 18.0 Å². The highest BCUT2D eigenvalue weighted by Crippen LogP contribution is 2.17. The molecule has 0 bridgehead atoms. The van der Waals surface area contributed by atoms with Gasteiger partial charge >= 0.3 is 12.1 Å². The second-order valence-corrected chi connectivity index (χ2v) is 9.62. The van der Waals surface area contributed by atoms with Crippen LogP contribution in [-0.2, 0) is 32.2 Å². The van der Waals surface area contributed by atoms with Crippen molar-refractivity contribution in [3.63, 3.8) is 0 Å². The molecule has 0 saturated heterocycles. The highest BCUT2D eigenvalue weighted by Gasteiger charge is 2.26. The van der Waals surface area contributed by atoms with Crippen LogP contribution in [0.5, 0.6) is 5.75 Å². The Kier molecular flexibility index (Phi) is 12.4. The van der Waals surface area contributed by atoms with Crippen molar-refractivity contribution in [3.05, 3.63) is 65.7 Å². The first-order chi connectivity index (χ1) is 17.7. The Balaban J connectivity index is 1.69. The van der Waals surface area contributed by atoms with Crippen molar-refractivity contribution in [1.29, 1.82) is 0 Å². The van der Waals surface area contributed by atoms with Gasteiger partial charge in [0.15, 0.2) is 6.04 Å². The largest absolute Gasteiger partial charge is 0.494 e. The zero-order valence-corrected chi connectivity index (χ0v) is 21.9. The SMILES string of the molecule is CC(C)(C)OC(=O)NCCCCCCOc1ccc(CC(C(=O)O)N(C=O)OCc2ccccc2)cc1. The van der Waals surface area contributed by atoms with Gasteiger partial charge in [0, 0.05) is 13.0 Å². The molecule has 9 heteroatoms. The summed E-state index contributed by atoms with van der Waals surface area (Å²) >= 11 is 0. The van der Waals surface area contributed by atoms with Crippen LogP contribution in [0.15, 0.2) is 54.6 Å². The number of aliphatic carboxylic acids is 1. The lowest BCUT2D eigenvalue weighted by atomic mass is 10.1. The van der Waals surface area contributed by atoms with Gasteiger partial charge < -0.3 is 19.9 Å². The van der Waals surface area contributed by atoms with E-state index in [1.165, 1.54) is 0 Å². The maximum atomic E-state index is 11.8. The van der Waals surface area contributed by atoms with E-state index in [0.29, 0.717) is 25.3 Å². The summed E-state index contributed by atoms with van der Waals surface area (Å²) in [6, 6.07) is 15.2. The fourth-order valence-electron chi connectivity index (χ4n) is 3.42. The first kappa shape index (κ1) is 29.6. The number of hydrogen-bond donors (Lipinski definition) is 2. The molecule has 9 nitrogen and oxygen atoms in total. The Morgan fingerprint density at radius 1 is 0.973 bits per heavy atom. The van der Waals surface area contributed by atoms with E-state index in [2.05, 4.69) is 5.32 Å². The number of amides is 2. The van der Waals surface area contributed by atoms with E-state index < -0.39 is 23.7 Å². The quantitative estimate of drug-likeness (QED) is 0.189. The summed E-state index contributed by atoms with van der Waals surface area (Å²) in [6.07, 6.45) is 3.78. The van der Waals surface area contributed by atoms with Gasteiger partial charge in [-0.2, -0.15) is 0 Å². The number of carbonyl (C=O) groups excluding carboxylic acids is 2. The number of benzene rings is 2. The first-order valence-electron chi connectivity index (χ1n) is 12.5. The molecule has 0 aliphatic heterocycles. The normalized spacial score (nSPS) is 11.9. The molecule has 2 N–H and O–H groups in total. The van der Waals surface area contributed by atoms with Gasteiger partial charge in [-0.05, 0) is 56.9 Å². The van der Waals surface area contributed by atoms with Crippen molar-refractivity contribution in [2.75, 3.05) is 13.2 Å². The first-order valence-corrected chi connectivity index (χ1v) is 12.5. The summed E-state index contributed by atoms with van der Waals surface area (Å²) in [6.45, 7) is 6.72. The van der Waals surface area contributed by atoms with Gasteiger partial charge in [-0.25, -0.2) is 14.7 Å². The van der Waals surface area contributed by atoms with Crippen LogP contribution in [0.2, 0.25) is 0 Å². The Morgan fingerprint density at radius 3 is 2.27 bits per heavy atom. The van der Waals surface area contributed by atoms with Crippen molar-refractivity contribution in [3.8, 4) is 5.75 Å². The highest BCUT2D eigenvalue weighted by atomic mass is 16.7.